The Kier molecular flexibility index (Phi) is 3.39. The average molecular weight is 202 g/mol. The van der Waals surface area contributed by atoms with Gasteiger partial charge in [0.15, 0.2) is 11.1 Å². The minimum atomic E-state index is -2.08. The van der Waals surface area contributed by atoms with E-state index in [4.69, 9.17) is 4.55 Å². The van der Waals surface area contributed by atoms with Crippen molar-refractivity contribution in [1.82, 2.24) is 0 Å². The molecule has 0 heterocycles. The first-order valence-corrected chi connectivity index (χ1v) is 4.86. The van der Waals surface area contributed by atoms with Crippen molar-refractivity contribution in [2.24, 2.45) is 0 Å². The lowest BCUT2D eigenvalue weighted by atomic mass is 10.1. The summed E-state index contributed by atoms with van der Waals surface area (Å²) in [5.74, 6) is -0.562. The van der Waals surface area contributed by atoms with Gasteiger partial charge in [0, 0.05) is 0 Å². The number of hydrogen-bond donors (Lipinski definition) is 1. The zero-order valence-electron chi connectivity index (χ0n) is 7.15. The van der Waals surface area contributed by atoms with Gasteiger partial charge in [-0.25, -0.2) is 9.00 Å². The third kappa shape index (κ3) is 2.26. The Morgan fingerprint density at radius 1 is 1.69 bits per heavy atom. The highest BCUT2D eigenvalue weighted by atomic mass is 32.2. The van der Waals surface area contributed by atoms with E-state index >= 15 is 0 Å². The van der Waals surface area contributed by atoms with Gasteiger partial charge in [-0.3, -0.25) is 0 Å². The number of carbonyl (C=O) groups is 1. The topological polar surface area (TPSA) is 63.6 Å². The Hall–Kier alpha value is -0.940. The van der Waals surface area contributed by atoms with Crippen LogP contribution in [-0.2, 0) is 20.6 Å². The van der Waals surface area contributed by atoms with Crippen LogP contribution in [0, 0.1) is 0 Å². The predicted molar refractivity (Wildman–Crippen MR) is 48.2 cm³/mol. The lowest BCUT2D eigenvalue weighted by molar-refractivity contribution is -0.135. The first-order chi connectivity index (χ1) is 6.16. The van der Waals surface area contributed by atoms with Crippen LogP contribution in [0.2, 0.25) is 0 Å². The maximum absolute atomic E-state index is 11.1. The van der Waals surface area contributed by atoms with E-state index in [1.807, 2.05) is 0 Å². The SMILES string of the molecule is COC(=O)C1=C(S(=O)O)CCC=C1. The second-order valence-corrected chi connectivity index (χ2v) is 3.51. The molecule has 13 heavy (non-hydrogen) atoms. The Bertz CT molecular complexity index is 303. The zero-order valence-corrected chi connectivity index (χ0v) is 7.97. The summed E-state index contributed by atoms with van der Waals surface area (Å²) >= 11 is -2.08. The van der Waals surface area contributed by atoms with Crippen molar-refractivity contribution in [2.45, 2.75) is 12.8 Å². The first kappa shape index (κ1) is 10.1. The van der Waals surface area contributed by atoms with Gasteiger partial charge in [-0.2, -0.15) is 0 Å². The molecule has 0 amide bonds. The molecule has 1 atom stereocenters. The molecule has 0 bridgehead atoms. The Morgan fingerprint density at radius 2 is 2.38 bits per heavy atom. The molecule has 0 radical (unpaired) electrons. The predicted octanol–water partition coefficient (Wildman–Crippen LogP) is 0.985. The van der Waals surface area contributed by atoms with E-state index in [0.29, 0.717) is 12.8 Å². The molecular formula is C8H10O4S. The third-order valence-corrected chi connectivity index (χ3v) is 2.58. The van der Waals surface area contributed by atoms with Crippen molar-refractivity contribution < 1.29 is 18.3 Å². The van der Waals surface area contributed by atoms with Crippen LogP contribution in [0.1, 0.15) is 12.8 Å². The average Bonchev–Trinajstić information content (AvgIpc) is 2.16. The van der Waals surface area contributed by atoms with Crippen molar-refractivity contribution in [3.63, 3.8) is 0 Å². The van der Waals surface area contributed by atoms with Crippen LogP contribution in [0.3, 0.4) is 0 Å². The summed E-state index contributed by atoms with van der Waals surface area (Å²) in [6, 6.07) is 0. The molecule has 5 heteroatoms. The van der Waals surface area contributed by atoms with E-state index in [0.717, 1.165) is 0 Å². The molecule has 0 saturated heterocycles. The van der Waals surface area contributed by atoms with Gasteiger partial charge in [0.05, 0.1) is 17.6 Å². The van der Waals surface area contributed by atoms with Gasteiger partial charge in [0.2, 0.25) is 0 Å². The number of hydrogen-bond acceptors (Lipinski definition) is 3. The molecule has 1 N–H and O–H groups in total. The molecule has 1 aliphatic rings. The molecule has 0 fully saturated rings. The van der Waals surface area contributed by atoms with Crippen LogP contribution in [0.25, 0.3) is 0 Å². The van der Waals surface area contributed by atoms with Crippen molar-refractivity contribution in [1.29, 1.82) is 0 Å². The maximum Gasteiger partial charge on any atom is 0.338 e. The fourth-order valence-electron chi connectivity index (χ4n) is 1.12. The fraction of sp³-hybridized carbons (Fsp3) is 0.375. The fourth-order valence-corrected chi connectivity index (χ4v) is 1.75. The first-order valence-electron chi connectivity index (χ1n) is 3.75. The summed E-state index contributed by atoms with van der Waals surface area (Å²) in [5, 5.41) is 0. The van der Waals surface area contributed by atoms with Gasteiger partial charge < -0.3 is 9.29 Å². The number of allylic oxidation sites excluding steroid dienone is 2. The number of esters is 1. The van der Waals surface area contributed by atoms with Crippen LogP contribution < -0.4 is 0 Å². The molecule has 0 saturated carbocycles. The zero-order chi connectivity index (χ0) is 9.84. The van der Waals surface area contributed by atoms with E-state index in [2.05, 4.69) is 4.74 Å². The summed E-state index contributed by atoms with van der Waals surface area (Å²) in [4.78, 5) is 11.3. The molecule has 72 valence electrons. The second-order valence-electron chi connectivity index (χ2n) is 2.52. The lowest BCUT2D eigenvalue weighted by Crippen LogP contribution is -2.10. The highest BCUT2D eigenvalue weighted by Gasteiger charge is 2.19. The molecule has 1 aliphatic carbocycles. The van der Waals surface area contributed by atoms with E-state index in [9.17, 15) is 9.00 Å². The quantitative estimate of drug-likeness (QED) is 0.535. The highest BCUT2D eigenvalue weighted by molar-refractivity contribution is 7.83. The molecule has 1 rings (SSSR count). The van der Waals surface area contributed by atoms with E-state index < -0.39 is 17.0 Å². The highest BCUT2D eigenvalue weighted by Crippen LogP contribution is 2.21. The summed E-state index contributed by atoms with van der Waals surface area (Å²) in [7, 11) is 1.25. The Labute approximate surface area is 78.6 Å². The van der Waals surface area contributed by atoms with E-state index in [-0.39, 0.29) is 10.5 Å². The molecule has 1 unspecified atom stereocenters. The number of rotatable bonds is 2. The monoisotopic (exact) mass is 202 g/mol. The van der Waals surface area contributed by atoms with Crippen molar-refractivity contribution in [2.75, 3.05) is 7.11 Å². The normalized spacial score (nSPS) is 18.6. The summed E-state index contributed by atoms with van der Waals surface area (Å²) < 4.78 is 24.1. The smallest absolute Gasteiger partial charge is 0.338 e. The standard InChI is InChI=1S/C8H10O4S/c1-12-8(9)6-4-2-3-5-7(6)13(10)11/h2,4H,3,5H2,1H3,(H,10,11). The number of ether oxygens (including phenoxy) is 1. The number of carbonyl (C=O) groups excluding carboxylic acids is 1. The van der Waals surface area contributed by atoms with Gasteiger partial charge in [-0.05, 0) is 12.8 Å². The molecule has 0 aromatic heterocycles. The van der Waals surface area contributed by atoms with Gasteiger partial charge >= 0.3 is 5.97 Å². The van der Waals surface area contributed by atoms with Crippen LogP contribution in [0.5, 0.6) is 0 Å². The number of methoxy groups -OCH3 is 1. The minimum Gasteiger partial charge on any atom is -0.465 e. The molecule has 0 aromatic rings. The third-order valence-electron chi connectivity index (χ3n) is 1.74. The van der Waals surface area contributed by atoms with Crippen molar-refractivity contribution in [3.8, 4) is 0 Å². The Balaban J connectivity index is 3.04. The molecule has 0 aromatic carbocycles. The molecule has 4 nitrogen and oxygen atoms in total. The molecule has 0 aliphatic heterocycles. The molecular weight excluding hydrogens is 192 g/mol. The Morgan fingerprint density at radius 3 is 2.92 bits per heavy atom. The van der Waals surface area contributed by atoms with Crippen LogP contribution >= 0.6 is 0 Å². The second kappa shape index (κ2) is 4.34. The lowest BCUT2D eigenvalue weighted by Gasteiger charge is -2.10. The minimum absolute atomic E-state index is 0.203. The van der Waals surface area contributed by atoms with E-state index in [1.165, 1.54) is 13.2 Å². The summed E-state index contributed by atoms with van der Waals surface area (Å²) in [6.45, 7) is 0. The maximum atomic E-state index is 11.1. The van der Waals surface area contributed by atoms with Crippen molar-refractivity contribution >= 4 is 17.0 Å². The van der Waals surface area contributed by atoms with Gasteiger partial charge in [-0.1, -0.05) is 12.2 Å². The van der Waals surface area contributed by atoms with Gasteiger partial charge in [0.25, 0.3) is 0 Å². The van der Waals surface area contributed by atoms with Crippen LogP contribution in [0.15, 0.2) is 22.6 Å². The summed E-state index contributed by atoms with van der Waals surface area (Å²) in [5.41, 5.74) is 0.203. The van der Waals surface area contributed by atoms with Crippen molar-refractivity contribution in [3.05, 3.63) is 22.6 Å². The molecule has 0 spiro atoms. The van der Waals surface area contributed by atoms with Crippen LogP contribution in [0.4, 0.5) is 0 Å². The van der Waals surface area contributed by atoms with E-state index in [1.54, 1.807) is 6.08 Å². The van der Waals surface area contributed by atoms with Crippen LogP contribution in [-0.4, -0.2) is 21.8 Å². The summed E-state index contributed by atoms with van der Waals surface area (Å²) in [6.07, 6.45) is 4.42. The van der Waals surface area contributed by atoms with Gasteiger partial charge in [0.1, 0.15) is 0 Å². The van der Waals surface area contributed by atoms with Gasteiger partial charge in [-0.15, -0.1) is 0 Å². The largest absolute Gasteiger partial charge is 0.465 e.